The summed E-state index contributed by atoms with van der Waals surface area (Å²) in [6.45, 7) is 0.849. The number of hydrogen-bond acceptors (Lipinski definition) is 3. The van der Waals surface area contributed by atoms with Crippen LogP contribution in [0.1, 0.15) is 25.7 Å². The van der Waals surface area contributed by atoms with E-state index in [-0.39, 0.29) is 6.10 Å². The molecule has 0 bridgehead atoms. The van der Waals surface area contributed by atoms with Crippen LogP contribution in [0.5, 0.6) is 0 Å². The van der Waals surface area contributed by atoms with Crippen LogP contribution in [-0.4, -0.2) is 25.7 Å². The van der Waals surface area contributed by atoms with Crippen molar-refractivity contribution in [2.75, 3.05) is 13.7 Å². The molecule has 1 atom stereocenters. The maximum absolute atomic E-state index is 7.27. The Hall–Kier alpha value is -0.570. The molecule has 1 N–H and O–H groups in total. The molecule has 0 aromatic heterocycles. The van der Waals surface area contributed by atoms with Crippen LogP contribution in [0.3, 0.4) is 0 Å². The first-order valence-electron chi connectivity index (χ1n) is 4.06. The molecular weight excluding hydrogens is 142 g/mol. The number of nitrogens with one attached hydrogen (secondary N) is 1. The summed E-state index contributed by atoms with van der Waals surface area (Å²) < 4.78 is 10.2. The van der Waals surface area contributed by atoms with Crippen LogP contribution in [0.4, 0.5) is 0 Å². The predicted molar refractivity (Wildman–Crippen MR) is 42.9 cm³/mol. The molecule has 1 heterocycles. The summed E-state index contributed by atoms with van der Waals surface area (Å²) in [4.78, 5) is 0. The molecular formula is C8H15NO2. The van der Waals surface area contributed by atoms with Gasteiger partial charge in [0, 0.05) is 13.0 Å². The summed E-state index contributed by atoms with van der Waals surface area (Å²) in [5.74, 6) is 0.330. The van der Waals surface area contributed by atoms with Gasteiger partial charge in [-0.15, -0.1) is 0 Å². The van der Waals surface area contributed by atoms with Gasteiger partial charge in [0.2, 0.25) is 0 Å². The van der Waals surface area contributed by atoms with Crippen LogP contribution in [0, 0.1) is 5.41 Å². The first-order valence-corrected chi connectivity index (χ1v) is 4.06. The van der Waals surface area contributed by atoms with Crippen LogP contribution >= 0.6 is 0 Å². The Morgan fingerprint density at radius 3 is 3.00 bits per heavy atom. The highest BCUT2D eigenvalue weighted by atomic mass is 16.5. The number of hydrogen-bond donors (Lipinski definition) is 1. The predicted octanol–water partition coefficient (Wildman–Crippen LogP) is 1.57. The molecule has 0 saturated carbocycles. The van der Waals surface area contributed by atoms with Crippen LogP contribution in [-0.2, 0) is 9.47 Å². The normalized spacial score (nSPS) is 24.6. The second-order valence-electron chi connectivity index (χ2n) is 2.82. The Morgan fingerprint density at radius 1 is 1.64 bits per heavy atom. The maximum Gasteiger partial charge on any atom is 0.182 e. The third kappa shape index (κ3) is 2.89. The second-order valence-corrected chi connectivity index (χ2v) is 2.82. The molecule has 1 aliphatic rings. The van der Waals surface area contributed by atoms with Gasteiger partial charge in [-0.25, -0.2) is 0 Å². The summed E-state index contributed by atoms with van der Waals surface area (Å²) in [6.07, 6.45) is 4.33. The zero-order valence-corrected chi connectivity index (χ0v) is 6.93. The van der Waals surface area contributed by atoms with Gasteiger partial charge in [-0.2, -0.15) is 0 Å². The number of methoxy groups -OCH3 is 1. The molecule has 0 aromatic rings. The molecule has 3 nitrogen and oxygen atoms in total. The highest BCUT2D eigenvalue weighted by Gasteiger charge is 2.15. The highest BCUT2D eigenvalue weighted by Crippen LogP contribution is 2.15. The van der Waals surface area contributed by atoms with Gasteiger partial charge in [0.25, 0.3) is 0 Å². The average molecular weight is 157 g/mol. The van der Waals surface area contributed by atoms with Gasteiger partial charge in [-0.3, -0.25) is 5.41 Å². The van der Waals surface area contributed by atoms with Crippen LogP contribution in [0.25, 0.3) is 0 Å². The van der Waals surface area contributed by atoms with E-state index < -0.39 is 0 Å². The zero-order valence-electron chi connectivity index (χ0n) is 6.93. The van der Waals surface area contributed by atoms with Crippen molar-refractivity contribution in [2.45, 2.75) is 31.8 Å². The van der Waals surface area contributed by atoms with Crippen molar-refractivity contribution in [1.82, 2.24) is 0 Å². The minimum atomic E-state index is 0.233. The number of rotatable bonds is 2. The van der Waals surface area contributed by atoms with E-state index in [1.807, 2.05) is 0 Å². The van der Waals surface area contributed by atoms with E-state index in [0.717, 1.165) is 19.4 Å². The molecule has 1 rings (SSSR count). The molecule has 1 saturated heterocycles. The van der Waals surface area contributed by atoms with Gasteiger partial charge in [0.05, 0.1) is 13.2 Å². The molecule has 1 fully saturated rings. The van der Waals surface area contributed by atoms with Gasteiger partial charge >= 0.3 is 0 Å². The summed E-state index contributed by atoms with van der Waals surface area (Å²) in [6, 6.07) is 0. The fourth-order valence-electron chi connectivity index (χ4n) is 1.26. The molecule has 0 spiro atoms. The molecule has 0 aliphatic carbocycles. The van der Waals surface area contributed by atoms with Gasteiger partial charge < -0.3 is 9.47 Å². The summed E-state index contributed by atoms with van der Waals surface area (Å²) in [7, 11) is 1.53. The van der Waals surface area contributed by atoms with Crippen molar-refractivity contribution in [3.63, 3.8) is 0 Å². The standard InChI is InChI=1S/C8H15NO2/c1-10-8(9)6-7-4-2-3-5-11-7/h7,9H,2-6H2,1H3. The lowest BCUT2D eigenvalue weighted by Crippen LogP contribution is -2.22. The first kappa shape index (κ1) is 8.53. The van der Waals surface area contributed by atoms with Crippen molar-refractivity contribution < 1.29 is 9.47 Å². The van der Waals surface area contributed by atoms with Gasteiger partial charge in [0.1, 0.15) is 0 Å². The molecule has 0 radical (unpaired) electrons. The van der Waals surface area contributed by atoms with Crippen molar-refractivity contribution in [3.8, 4) is 0 Å². The lowest BCUT2D eigenvalue weighted by atomic mass is 10.1. The molecule has 11 heavy (non-hydrogen) atoms. The van der Waals surface area contributed by atoms with Crippen LogP contribution < -0.4 is 0 Å². The largest absolute Gasteiger partial charge is 0.484 e. The SMILES string of the molecule is COC(=N)CC1CCCCO1. The molecule has 0 amide bonds. The van der Waals surface area contributed by atoms with E-state index >= 15 is 0 Å². The fourth-order valence-corrected chi connectivity index (χ4v) is 1.26. The minimum Gasteiger partial charge on any atom is -0.484 e. The van der Waals surface area contributed by atoms with E-state index in [2.05, 4.69) is 0 Å². The lowest BCUT2D eigenvalue weighted by Gasteiger charge is -2.21. The quantitative estimate of drug-likeness (QED) is 0.488. The average Bonchev–Trinajstić information content (AvgIpc) is 2.06. The van der Waals surface area contributed by atoms with Gasteiger partial charge in [0.15, 0.2) is 5.90 Å². The van der Waals surface area contributed by atoms with Crippen molar-refractivity contribution in [3.05, 3.63) is 0 Å². The number of ether oxygens (including phenoxy) is 2. The summed E-state index contributed by atoms with van der Waals surface area (Å²) in [5.41, 5.74) is 0. The third-order valence-electron chi connectivity index (χ3n) is 1.93. The highest BCUT2D eigenvalue weighted by molar-refractivity contribution is 5.72. The smallest absolute Gasteiger partial charge is 0.182 e. The van der Waals surface area contributed by atoms with Gasteiger partial charge in [-0.1, -0.05) is 0 Å². The van der Waals surface area contributed by atoms with E-state index in [9.17, 15) is 0 Å². The lowest BCUT2D eigenvalue weighted by molar-refractivity contribution is 0.0183. The Labute approximate surface area is 67.2 Å². The monoisotopic (exact) mass is 157 g/mol. The Balaban J connectivity index is 2.19. The molecule has 64 valence electrons. The van der Waals surface area contributed by atoms with E-state index in [1.54, 1.807) is 0 Å². The maximum atomic E-state index is 7.27. The Bertz CT molecular complexity index is 130. The van der Waals surface area contributed by atoms with E-state index in [4.69, 9.17) is 14.9 Å². The molecule has 1 aliphatic heterocycles. The Morgan fingerprint density at radius 2 is 2.45 bits per heavy atom. The first-order chi connectivity index (χ1) is 5.33. The van der Waals surface area contributed by atoms with Crippen molar-refractivity contribution in [1.29, 1.82) is 5.41 Å². The minimum absolute atomic E-state index is 0.233. The fraction of sp³-hybridized carbons (Fsp3) is 0.875. The molecule has 3 heteroatoms. The Kier molecular flexibility index (Phi) is 3.36. The van der Waals surface area contributed by atoms with Gasteiger partial charge in [-0.05, 0) is 19.3 Å². The van der Waals surface area contributed by atoms with Crippen molar-refractivity contribution >= 4 is 5.90 Å². The van der Waals surface area contributed by atoms with Crippen LogP contribution in [0.2, 0.25) is 0 Å². The van der Waals surface area contributed by atoms with Crippen LogP contribution in [0.15, 0.2) is 0 Å². The van der Waals surface area contributed by atoms with E-state index in [0.29, 0.717) is 12.3 Å². The van der Waals surface area contributed by atoms with Crippen molar-refractivity contribution in [2.24, 2.45) is 0 Å². The topological polar surface area (TPSA) is 42.3 Å². The molecule has 1 unspecified atom stereocenters. The second kappa shape index (κ2) is 4.34. The van der Waals surface area contributed by atoms with E-state index in [1.165, 1.54) is 13.5 Å². The zero-order chi connectivity index (χ0) is 8.10. The third-order valence-corrected chi connectivity index (χ3v) is 1.93. The molecule has 0 aromatic carbocycles. The summed E-state index contributed by atoms with van der Waals surface area (Å²) in [5, 5.41) is 7.27. The summed E-state index contributed by atoms with van der Waals surface area (Å²) >= 11 is 0.